The molecular weight excluding hydrogens is 206 g/mol. The van der Waals surface area contributed by atoms with Gasteiger partial charge in [0.1, 0.15) is 5.38 Å². The molecule has 1 N–H and O–H groups in total. The van der Waals surface area contributed by atoms with Crippen molar-refractivity contribution in [2.24, 2.45) is 0 Å². The topological polar surface area (TPSA) is 29.1 Å². The van der Waals surface area contributed by atoms with Crippen LogP contribution in [0.5, 0.6) is 0 Å². The van der Waals surface area contributed by atoms with E-state index < -0.39 is 5.38 Å². The molecule has 4 heteroatoms. The van der Waals surface area contributed by atoms with Crippen molar-refractivity contribution in [2.45, 2.75) is 25.3 Å². The van der Waals surface area contributed by atoms with Gasteiger partial charge in [0.05, 0.1) is 0 Å². The lowest BCUT2D eigenvalue weighted by molar-refractivity contribution is -0.121. The van der Waals surface area contributed by atoms with Crippen molar-refractivity contribution < 1.29 is 4.79 Å². The molecule has 2 nitrogen and oxygen atoms in total. The van der Waals surface area contributed by atoms with Crippen LogP contribution in [0, 0.1) is 0 Å². The summed E-state index contributed by atoms with van der Waals surface area (Å²) < 4.78 is 0. The van der Waals surface area contributed by atoms with Crippen LogP contribution in [0.4, 0.5) is 0 Å². The standard InChI is InChI=1S/C9H12ClNOS/c1-6(2)11-9(12)8(10)7-4-3-5-13-7/h3-6,8H,1-2H3,(H,11,12). The Kier molecular flexibility index (Phi) is 3.75. The fourth-order valence-electron chi connectivity index (χ4n) is 0.922. The minimum Gasteiger partial charge on any atom is -0.352 e. The highest BCUT2D eigenvalue weighted by Crippen LogP contribution is 2.24. The molecule has 1 heterocycles. The van der Waals surface area contributed by atoms with E-state index in [1.807, 2.05) is 31.4 Å². The summed E-state index contributed by atoms with van der Waals surface area (Å²) in [5, 5.41) is 4.12. The van der Waals surface area contributed by atoms with Crippen LogP contribution in [-0.4, -0.2) is 11.9 Å². The minimum atomic E-state index is -0.553. The van der Waals surface area contributed by atoms with Crippen molar-refractivity contribution >= 4 is 28.8 Å². The predicted molar refractivity (Wildman–Crippen MR) is 56.2 cm³/mol. The average molecular weight is 218 g/mol. The summed E-state index contributed by atoms with van der Waals surface area (Å²) in [6, 6.07) is 3.88. The van der Waals surface area contributed by atoms with Crippen molar-refractivity contribution in [3.8, 4) is 0 Å². The van der Waals surface area contributed by atoms with Crippen LogP contribution in [-0.2, 0) is 4.79 Å². The van der Waals surface area contributed by atoms with E-state index in [1.54, 1.807) is 0 Å². The number of amides is 1. The average Bonchev–Trinajstić information content (AvgIpc) is 2.53. The number of rotatable bonds is 3. The van der Waals surface area contributed by atoms with E-state index in [-0.39, 0.29) is 11.9 Å². The van der Waals surface area contributed by atoms with Crippen molar-refractivity contribution in [1.29, 1.82) is 0 Å². The molecular formula is C9H12ClNOS. The van der Waals surface area contributed by atoms with E-state index in [1.165, 1.54) is 11.3 Å². The Morgan fingerprint density at radius 3 is 2.77 bits per heavy atom. The molecule has 0 saturated carbocycles. The van der Waals surface area contributed by atoms with Gasteiger partial charge in [-0.25, -0.2) is 0 Å². The van der Waals surface area contributed by atoms with Crippen LogP contribution in [0.3, 0.4) is 0 Å². The molecule has 1 atom stereocenters. The van der Waals surface area contributed by atoms with Gasteiger partial charge in [0, 0.05) is 10.9 Å². The first-order chi connectivity index (χ1) is 6.11. The first kappa shape index (κ1) is 10.5. The van der Waals surface area contributed by atoms with Gasteiger partial charge in [-0.3, -0.25) is 4.79 Å². The zero-order valence-corrected chi connectivity index (χ0v) is 9.15. The van der Waals surface area contributed by atoms with Crippen LogP contribution in [0.25, 0.3) is 0 Å². The SMILES string of the molecule is CC(C)NC(=O)C(Cl)c1cccs1. The molecule has 1 aromatic heterocycles. The van der Waals surface area contributed by atoms with Crippen LogP contribution in [0.15, 0.2) is 17.5 Å². The van der Waals surface area contributed by atoms with E-state index in [4.69, 9.17) is 11.6 Å². The largest absolute Gasteiger partial charge is 0.352 e. The maximum absolute atomic E-state index is 11.4. The van der Waals surface area contributed by atoms with Gasteiger partial charge in [-0.05, 0) is 25.3 Å². The fourth-order valence-corrected chi connectivity index (χ4v) is 1.91. The van der Waals surface area contributed by atoms with Gasteiger partial charge in [-0.2, -0.15) is 0 Å². The summed E-state index contributed by atoms with van der Waals surface area (Å²) in [4.78, 5) is 12.3. The highest BCUT2D eigenvalue weighted by molar-refractivity contribution is 7.10. The molecule has 0 aromatic carbocycles. The van der Waals surface area contributed by atoms with Gasteiger partial charge in [0.25, 0.3) is 0 Å². The van der Waals surface area contributed by atoms with E-state index in [9.17, 15) is 4.79 Å². The Hall–Kier alpha value is -0.540. The molecule has 0 radical (unpaired) electrons. The maximum atomic E-state index is 11.4. The molecule has 1 amide bonds. The monoisotopic (exact) mass is 217 g/mol. The van der Waals surface area contributed by atoms with E-state index >= 15 is 0 Å². The first-order valence-electron chi connectivity index (χ1n) is 4.09. The molecule has 0 saturated heterocycles. The molecule has 0 bridgehead atoms. The van der Waals surface area contributed by atoms with Crippen molar-refractivity contribution in [3.05, 3.63) is 22.4 Å². The molecule has 1 rings (SSSR count). The third-order valence-electron chi connectivity index (χ3n) is 1.45. The van der Waals surface area contributed by atoms with Crippen LogP contribution in [0.1, 0.15) is 24.1 Å². The number of carbonyl (C=O) groups is 1. The smallest absolute Gasteiger partial charge is 0.243 e. The second-order valence-corrected chi connectivity index (χ2v) is 4.46. The van der Waals surface area contributed by atoms with E-state index in [0.29, 0.717) is 0 Å². The Morgan fingerprint density at radius 1 is 1.62 bits per heavy atom. The number of hydrogen-bond donors (Lipinski definition) is 1. The molecule has 0 fully saturated rings. The summed E-state index contributed by atoms with van der Waals surface area (Å²) in [7, 11) is 0. The lowest BCUT2D eigenvalue weighted by Gasteiger charge is -2.11. The minimum absolute atomic E-state index is 0.126. The summed E-state index contributed by atoms with van der Waals surface area (Å²) >= 11 is 7.43. The van der Waals surface area contributed by atoms with Gasteiger partial charge < -0.3 is 5.32 Å². The Morgan fingerprint density at radius 2 is 2.31 bits per heavy atom. The van der Waals surface area contributed by atoms with Crippen LogP contribution < -0.4 is 5.32 Å². The number of alkyl halides is 1. The number of halogens is 1. The number of thiophene rings is 1. The molecule has 1 unspecified atom stereocenters. The highest BCUT2D eigenvalue weighted by Gasteiger charge is 2.18. The fraction of sp³-hybridized carbons (Fsp3) is 0.444. The van der Waals surface area contributed by atoms with Gasteiger partial charge in [0.15, 0.2) is 0 Å². The lowest BCUT2D eigenvalue weighted by atomic mass is 10.3. The Labute approximate surface area is 86.9 Å². The van der Waals surface area contributed by atoms with Gasteiger partial charge in [0.2, 0.25) is 5.91 Å². The third-order valence-corrected chi connectivity index (χ3v) is 2.95. The van der Waals surface area contributed by atoms with Crippen molar-refractivity contribution in [2.75, 3.05) is 0 Å². The highest BCUT2D eigenvalue weighted by atomic mass is 35.5. The number of carbonyl (C=O) groups excluding carboxylic acids is 1. The third kappa shape index (κ3) is 3.01. The zero-order chi connectivity index (χ0) is 9.84. The van der Waals surface area contributed by atoms with Gasteiger partial charge >= 0.3 is 0 Å². The molecule has 0 spiro atoms. The van der Waals surface area contributed by atoms with E-state index in [0.717, 1.165) is 4.88 Å². The lowest BCUT2D eigenvalue weighted by Crippen LogP contribution is -2.32. The van der Waals surface area contributed by atoms with E-state index in [2.05, 4.69) is 5.32 Å². The molecule has 13 heavy (non-hydrogen) atoms. The number of hydrogen-bond acceptors (Lipinski definition) is 2. The molecule has 72 valence electrons. The first-order valence-corrected chi connectivity index (χ1v) is 5.40. The van der Waals surface area contributed by atoms with Crippen molar-refractivity contribution in [3.63, 3.8) is 0 Å². The van der Waals surface area contributed by atoms with Crippen LogP contribution in [0.2, 0.25) is 0 Å². The summed E-state index contributed by atoms with van der Waals surface area (Å²) in [6.45, 7) is 3.83. The molecule has 0 aliphatic carbocycles. The number of nitrogens with one attached hydrogen (secondary N) is 1. The summed E-state index contributed by atoms with van der Waals surface area (Å²) in [5.74, 6) is -0.126. The Bertz CT molecular complexity index is 271. The molecule has 0 aliphatic rings. The normalized spacial score (nSPS) is 12.9. The zero-order valence-electron chi connectivity index (χ0n) is 7.58. The summed E-state index contributed by atoms with van der Waals surface area (Å²) in [5.41, 5.74) is 0. The van der Waals surface area contributed by atoms with Crippen molar-refractivity contribution in [1.82, 2.24) is 5.32 Å². The second kappa shape index (κ2) is 4.63. The second-order valence-electron chi connectivity index (χ2n) is 3.04. The van der Waals surface area contributed by atoms with Gasteiger partial charge in [-0.15, -0.1) is 22.9 Å². The Balaban J connectivity index is 2.58. The quantitative estimate of drug-likeness (QED) is 0.775. The summed E-state index contributed by atoms with van der Waals surface area (Å²) in [6.07, 6.45) is 0. The van der Waals surface area contributed by atoms with Crippen LogP contribution >= 0.6 is 22.9 Å². The predicted octanol–water partition coefficient (Wildman–Crippen LogP) is 2.55. The maximum Gasteiger partial charge on any atom is 0.243 e. The van der Waals surface area contributed by atoms with Gasteiger partial charge in [-0.1, -0.05) is 6.07 Å². The molecule has 0 aliphatic heterocycles. The molecule has 1 aromatic rings.